The largest absolute Gasteiger partial charge is 0.356 e. The van der Waals surface area contributed by atoms with Crippen molar-refractivity contribution in [2.24, 2.45) is 0 Å². The van der Waals surface area contributed by atoms with E-state index in [0.717, 1.165) is 37.7 Å². The fourth-order valence-electron chi connectivity index (χ4n) is 4.19. The number of carbonyl (C=O) groups excluding carboxylic acids is 1. The van der Waals surface area contributed by atoms with Gasteiger partial charge in [0.05, 0.1) is 5.02 Å². The molecule has 3 unspecified atom stereocenters. The third-order valence-corrected chi connectivity index (χ3v) is 7.43. The molecule has 0 saturated carbocycles. The van der Waals surface area contributed by atoms with E-state index in [1.54, 1.807) is 18.2 Å². The van der Waals surface area contributed by atoms with E-state index in [9.17, 15) is 4.79 Å². The molecule has 1 heterocycles. The predicted octanol–water partition coefficient (Wildman–Crippen LogP) is 8.34. The predicted molar refractivity (Wildman–Crippen MR) is 140 cm³/mol. The summed E-state index contributed by atoms with van der Waals surface area (Å²) in [6, 6.07) is 22.0. The Bertz CT molecular complexity index is 1110. The lowest BCUT2D eigenvalue weighted by molar-refractivity contribution is 0.0954. The molecule has 3 aromatic carbocycles. The van der Waals surface area contributed by atoms with Crippen LogP contribution in [0.4, 0.5) is 0 Å². The van der Waals surface area contributed by atoms with E-state index < -0.39 is 6.10 Å². The smallest absolute Gasteiger partial charge is 0.196 e. The van der Waals surface area contributed by atoms with Gasteiger partial charge in [-0.1, -0.05) is 99.6 Å². The van der Waals surface area contributed by atoms with E-state index in [4.69, 9.17) is 27.9 Å². The molecule has 33 heavy (non-hydrogen) atoms. The molecule has 1 aliphatic heterocycles. The molecule has 2 nitrogen and oxygen atoms in total. The molecule has 1 fully saturated rings. The Morgan fingerprint density at radius 1 is 1.03 bits per heavy atom. The number of ether oxygens (including phenoxy) is 1. The summed E-state index contributed by atoms with van der Waals surface area (Å²) >= 11 is 16.0. The zero-order valence-electron chi connectivity index (χ0n) is 18.6. The molecular formula is C28H27BrCl2O2. The van der Waals surface area contributed by atoms with Crippen molar-refractivity contribution in [3.05, 3.63) is 105 Å². The molecule has 172 valence electrons. The van der Waals surface area contributed by atoms with Crippen LogP contribution in [0.5, 0.6) is 0 Å². The molecule has 0 aliphatic carbocycles. The van der Waals surface area contributed by atoms with Crippen molar-refractivity contribution >= 4 is 44.9 Å². The molecule has 0 spiro atoms. The van der Waals surface area contributed by atoms with Gasteiger partial charge in [0.15, 0.2) is 11.9 Å². The van der Waals surface area contributed by atoms with Crippen LogP contribution in [-0.2, 0) is 17.6 Å². The maximum Gasteiger partial charge on any atom is 0.196 e. The summed E-state index contributed by atoms with van der Waals surface area (Å²) in [5, 5.41) is 0.879. The highest BCUT2D eigenvalue weighted by Gasteiger charge is 2.47. The summed E-state index contributed by atoms with van der Waals surface area (Å²) in [5.74, 6) is -0.0882. The highest BCUT2D eigenvalue weighted by Crippen LogP contribution is 2.43. The van der Waals surface area contributed by atoms with Gasteiger partial charge < -0.3 is 4.74 Å². The van der Waals surface area contributed by atoms with Crippen molar-refractivity contribution in [1.29, 1.82) is 0 Å². The Morgan fingerprint density at radius 3 is 2.55 bits per heavy atom. The fourth-order valence-corrected chi connectivity index (χ4v) is 5.39. The number of hydrogen-bond acceptors (Lipinski definition) is 2. The van der Waals surface area contributed by atoms with E-state index in [1.165, 1.54) is 16.7 Å². The van der Waals surface area contributed by atoms with Crippen LogP contribution in [-0.4, -0.2) is 16.7 Å². The van der Waals surface area contributed by atoms with Crippen molar-refractivity contribution in [2.75, 3.05) is 0 Å². The number of hydrogen-bond donors (Lipinski definition) is 0. The highest BCUT2D eigenvalue weighted by atomic mass is 79.9. The van der Waals surface area contributed by atoms with E-state index >= 15 is 0 Å². The van der Waals surface area contributed by atoms with Gasteiger partial charge in [0.1, 0.15) is 6.10 Å². The first-order valence-corrected chi connectivity index (χ1v) is 13.0. The molecule has 3 atom stereocenters. The summed E-state index contributed by atoms with van der Waals surface area (Å²) in [6.07, 6.45) is 4.71. The number of ketones is 1. The standard InChI is InChI=1S/C28H27BrCl2O2/c1-18-10-12-19(13-11-18)16-21(29)8-4-2-6-20-7-3-5-9-23(20)27-28(33-27)26(32)24-15-14-22(30)17-25(24)31/h3,5,7,9-15,17,21,27-28H,2,4,6,8,16H2,1H3. The van der Waals surface area contributed by atoms with Gasteiger partial charge in [-0.05, 0) is 67.5 Å². The molecule has 0 N–H and O–H groups in total. The second-order valence-corrected chi connectivity index (χ2v) is 10.8. The lowest BCUT2D eigenvalue weighted by Crippen LogP contribution is -2.09. The third kappa shape index (κ3) is 6.48. The van der Waals surface area contributed by atoms with Gasteiger partial charge in [-0.15, -0.1) is 0 Å². The zero-order valence-corrected chi connectivity index (χ0v) is 21.7. The molecule has 0 radical (unpaired) electrons. The van der Waals surface area contributed by atoms with E-state index in [-0.39, 0.29) is 11.9 Å². The Hall–Kier alpha value is -1.65. The lowest BCUT2D eigenvalue weighted by atomic mass is 9.95. The summed E-state index contributed by atoms with van der Waals surface area (Å²) in [4.78, 5) is 13.4. The van der Waals surface area contributed by atoms with E-state index in [0.29, 0.717) is 20.4 Å². The van der Waals surface area contributed by atoms with Crippen LogP contribution in [0.3, 0.4) is 0 Å². The Labute approximate surface area is 214 Å². The van der Waals surface area contributed by atoms with Crippen molar-refractivity contribution in [2.45, 2.75) is 56.1 Å². The Morgan fingerprint density at radius 2 is 1.79 bits per heavy atom. The number of rotatable bonds is 10. The van der Waals surface area contributed by atoms with Gasteiger partial charge in [-0.3, -0.25) is 4.79 Å². The third-order valence-electron chi connectivity index (χ3n) is 6.10. The van der Waals surface area contributed by atoms with Crippen LogP contribution in [0.1, 0.15) is 58.0 Å². The molecule has 5 heteroatoms. The zero-order chi connectivity index (χ0) is 23.4. The van der Waals surface area contributed by atoms with Crippen molar-refractivity contribution < 1.29 is 9.53 Å². The molecule has 0 aromatic heterocycles. The van der Waals surface area contributed by atoms with Crippen LogP contribution in [0, 0.1) is 6.92 Å². The Balaban J connectivity index is 1.29. The van der Waals surface area contributed by atoms with Crippen LogP contribution >= 0.6 is 39.1 Å². The monoisotopic (exact) mass is 544 g/mol. The SMILES string of the molecule is Cc1ccc(CC(Br)CCCCc2ccccc2C2OC2C(=O)c2ccc(Cl)cc2Cl)cc1. The van der Waals surface area contributed by atoms with Gasteiger partial charge in [0.25, 0.3) is 0 Å². The van der Waals surface area contributed by atoms with Gasteiger partial charge in [0.2, 0.25) is 0 Å². The minimum absolute atomic E-state index is 0.0882. The van der Waals surface area contributed by atoms with E-state index in [1.807, 2.05) is 6.07 Å². The quantitative estimate of drug-likeness (QED) is 0.111. The average Bonchev–Trinajstić information content (AvgIpc) is 3.59. The first kappa shape index (κ1) is 24.5. The van der Waals surface area contributed by atoms with Gasteiger partial charge in [0, 0.05) is 15.4 Å². The topological polar surface area (TPSA) is 29.6 Å². The number of halogens is 3. The van der Waals surface area contributed by atoms with Crippen LogP contribution < -0.4 is 0 Å². The molecule has 1 saturated heterocycles. The molecule has 3 aromatic rings. The summed E-state index contributed by atoms with van der Waals surface area (Å²) < 4.78 is 5.82. The normalized spacial score (nSPS) is 18.2. The van der Waals surface area contributed by atoms with Crippen LogP contribution in [0.15, 0.2) is 66.7 Å². The Kier molecular flexibility index (Phi) is 8.29. The number of benzene rings is 3. The number of Topliss-reactive ketones (excluding diaryl/α,β-unsaturated/α-hetero) is 1. The fraction of sp³-hybridized carbons (Fsp3) is 0.321. The molecular weight excluding hydrogens is 519 g/mol. The number of unbranched alkanes of at least 4 members (excludes halogenated alkanes) is 1. The number of epoxide rings is 1. The van der Waals surface area contributed by atoms with Crippen molar-refractivity contribution in [1.82, 2.24) is 0 Å². The molecule has 0 amide bonds. The molecule has 1 aliphatic rings. The van der Waals surface area contributed by atoms with Crippen LogP contribution in [0.25, 0.3) is 0 Å². The maximum atomic E-state index is 12.9. The van der Waals surface area contributed by atoms with Gasteiger partial charge >= 0.3 is 0 Å². The first-order valence-electron chi connectivity index (χ1n) is 11.3. The summed E-state index contributed by atoms with van der Waals surface area (Å²) in [6.45, 7) is 2.12. The molecule has 0 bridgehead atoms. The highest BCUT2D eigenvalue weighted by molar-refractivity contribution is 9.09. The number of alkyl halides is 1. The van der Waals surface area contributed by atoms with Gasteiger partial charge in [-0.2, -0.15) is 0 Å². The lowest BCUT2D eigenvalue weighted by Gasteiger charge is -2.11. The number of aryl methyl sites for hydroxylation is 2. The number of carbonyl (C=O) groups is 1. The maximum absolute atomic E-state index is 12.9. The average molecular weight is 546 g/mol. The minimum atomic E-state index is -0.480. The minimum Gasteiger partial charge on any atom is -0.356 e. The summed E-state index contributed by atoms with van der Waals surface area (Å²) in [7, 11) is 0. The van der Waals surface area contributed by atoms with Gasteiger partial charge in [-0.25, -0.2) is 0 Å². The van der Waals surface area contributed by atoms with E-state index in [2.05, 4.69) is 65.3 Å². The first-order chi connectivity index (χ1) is 15.9. The van der Waals surface area contributed by atoms with Crippen molar-refractivity contribution in [3.8, 4) is 0 Å². The second kappa shape index (κ2) is 11.2. The molecule has 4 rings (SSSR count). The summed E-state index contributed by atoms with van der Waals surface area (Å²) in [5.41, 5.74) is 5.49. The van der Waals surface area contributed by atoms with Crippen LogP contribution in [0.2, 0.25) is 10.0 Å². The van der Waals surface area contributed by atoms with Crippen molar-refractivity contribution in [3.63, 3.8) is 0 Å². The second-order valence-electron chi connectivity index (χ2n) is 8.70.